The molecule has 19 heavy (non-hydrogen) atoms. The number of aromatic amines is 1. The number of nitrogens with zero attached hydrogens (tertiary/aromatic N) is 1. The number of rotatable bonds is 2. The maximum absolute atomic E-state index is 12.2. The molecule has 0 radical (unpaired) electrons. The molecule has 1 saturated heterocycles. The zero-order valence-corrected chi connectivity index (χ0v) is 10.8. The van der Waals surface area contributed by atoms with Crippen molar-refractivity contribution in [3.63, 3.8) is 0 Å². The Balaban J connectivity index is 2.07. The maximum Gasteiger partial charge on any atom is 0.254 e. The smallest absolute Gasteiger partial charge is 0.254 e. The summed E-state index contributed by atoms with van der Waals surface area (Å²) in [6.07, 6.45) is 1.14. The number of likely N-dealkylation sites (tertiary alicyclic amines) is 1. The molecular formula is C13H18N2O4. The van der Waals surface area contributed by atoms with Gasteiger partial charge in [0, 0.05) is 25.2 Å². The van der Waals surface area contributed by atoms with Crippen LogP contribution in [-0.2, 0) is 0 Å². The van der Waals surface area contributed by atoms with E-state index in [1.165, 1.54) is 12.1 Å². The molecule has 1 fully saturated rings. The Morgan fingerprint density at radius 1 is 1.42 bits per heavy atom. The van der Waals surface area contributed by atoms with Crippen molar-refractivity contribution in [1.82, 2.24) is 9.88 Å². The number of aliphatic hydroxyl groups excluding tert-OH is 1. The van der Waals surface area contributed by atoms with Gasteiger partial charge in [-0.3, -0.25) is 14.6 Å². The predicted octanol–water partition coefficient (Wildman–Crippen LogP) is 0.313. The van der Waals surface area contributed by atoms with Crippen molar-refractivity contribution in [2.45, 2.75) is 25.9 Å². The van der Waals surface area contributed by atoms with Gasteiger partial charge in [0.15, 0.2) is 5.88 Å². The van der Waals surface area contributed by atoms with Crippen LogP contribution in [0.1, 0.15) is 30.1 Å². The second kappa shape index (κ2) is 5.44. The van der Waals surface area contributed by atoms with E-state index >= 15 is 0 Å². The van der Waals surface area contributed by atoms with Gasteiger partial charge in [0.1, 0.15) is 0 Å². The lowest BCUT2D eigenvalue weighted by molar-refractivity contribution is 0.0521. The molecule has 3 N–H and O–H groups in total. The fraction of sp³-hybridized carbons (Fsp3) is 0.538. The number of carbonyl (C=O) groups excluding carboxylic acids is 1. The standard InChI is InChI=1S/C13H18N2O4/c1-8(16)9-2-4-15(5-3-9)13(19)10-6-11(17)14-12(18)7-10/h6-9,16H,2-5H2,1H3,(H2,14,17,18). The molecule has 2 rings (SSSR count). The molecule has 2 heterocycles. The third kappa shape index (κ3) is 3.14. The van der Waals surface area contributed by atoms with E-state index in [0.717, 1.165) is 12.8 Å². The van der Waals surface area contributed by atoms with Crippen molar-refractivity contribution in [1.29, 1.82) is 0 Å². The summed E-state index contributed by atoms with van der Waals surface area (Å²) in [5.41, 5.74) is -0.307. The van der Waals surface area contributed by atoms with Crippen LogP contribution in [0.4, 0.5) is 0 Å². The molecule has 1 aromatic rings. The van der Waals surface area contributed by atoms with E-state index in [-0.39, 0.29) is 29.4 Å². The molecule has 6 heteroatoms. The van der Waals surface area contributed by atoms with E-state index in [0.29, 0.717) is 13.1 Å². The van der Waals surface area contributed by atoms with Gasteiger partial charge in [-0.25, -0.2) is 0 Å². The van der Waals surface area contributed by atoms with Gasteiger partial charge in [-0.05, 0) is 25.7 Å². The lowest BCUT2D eigenvalue weighted by Crippen LogP contribution is -2.41. The van der Waals surface area contributed by atoms with Crippen molar-refractivity contribution < 1.29 is 15.0 Å². The van der Waals surface area contributed by atoms with Gasteiger partial charge in [0.05, 0.1) is 11.7 Å². The molecule has 1 atom stereocenters. The number of aromatic nitrogens is 1. The number of aromatic hydroxyl groups is 1. The van der Waals surface area contributed by atoms with E-state index in [1.54, 1.807) is 11.8 Å². The summed E-state index contributed by atoms with van der Waals surface area (Å²) in [6.45, 7) is 2.88. The topological polar surface area (TPSA) is 93.6 Å². The lowest BCUT2D eigenvalue weighted by Gasteiger charge is -2.33. The van der Waals surface area contributed by atoms with Crippen molar-refractivity contribution in [2.75, 3.05) is 13.1 Å². The molecule has 1 aromatic heterocycles. The molecule has 104 valence electrons. The average Bonchev–Trinajstić information content (AvgIpc) is 2.37. The van der Waals surface area contributed by atoms with Gasteiger partial charge in [0.25, 0.3) is 11.5 Å². The number of amides is 1. The van der Waals surface area contributed by atoms with Crippen LogP contribution in [0.5, 0.6) is 5.88 Å². The molecule has 6 nitrogen and oxygen atoms in total. The first-order valence-corrected chi connectivity index (χ1v) is 6.38. The number of piperidine rings is 1. The van der Waals surface area contributed by atoms with Gasteiger partial charge in [-0.15, -0.1) is 0 Å². The zero-order chi connectivity index (χ0) is 14.0. The van der Waals surface area contributed by atoms with E-state index in [9.17, 15) is 19.8 Å². The fourth-order valence-corrected chi connectivity index (χ4v) is 2.42. The Morgan fingerprint density at radius 2 is 2.05 bits per heavy atom. The fourth-order valence-electron chi connectivity index (χ4n) is 2.42. The first-order valence-electron chi connectivity index (χ1n) is 6.38. The highest BCUT2D eigenvalue weighted by Crippen LogP contribution is 2.22. The highest BCUT2D eigenvalue weighted by molar-refractivity contribution is 5.94. The summed E-state index contributed by atoms with van der Waals surface area (Å²) in [7, 11) is 0. The number of nitrogens with one attached hydrogen (secondary N) is 1. The summed E-state index contributed by atoms with van der Waals surface area (Å²) in [5, 5.41) is 18.8. The van der Waals surface area contributed by atoms with Crippen LogP contribution in [0.2, 0.25) is 0 Å². The summed E-state index contributed by atoms with van der Waals surface area (Å²) in [5.74, 6) is -0.350. The van der Waals surface area contributed by atoms with Crippen LogP contribution in [0.25, 0.3) is 0 Å². The number of H-pyrrole nitrogens is 1. The second-order valence-corrected chi connectivity index (χ2v) is 4.99. The first-order chi connectivity index (χ1) is 8.97. The predicted molar refractivity (Wildman–Crippen MR) is 69.0 cm³/mol. The van der Waals surface area contributed by atoms with E-state index in [1.807, 2.05) is 0 Å². The van der Waals surface area contributed by atoms with Crippen LogP contribution in [0, 0.1) is 5.92 Å². The van der Waals surface area contributed by atoms with Crippen LogP contribution < -0.4 is 5.56 Å². The Kier molecular flexibility index (Phi) is 3.90. The zero-order valence-electron chi connectivity index (χ0n) is 10.8. The molecule has 0 aliphatic carbocycles. The molecular weight excluding hydrogens is 248 g/mol. The molecule has 0 saturated carbocycles. The third-order valence-electron chi connectivity index (χ3n) is 3.59. The van der Waals surface area contributed by atoms with Gasteiger partial charge in [-0.2, -0.15) is 0 Å². The average molecular weight is 266 g/mol. The number of aliphatic hydroxyl groups is 1. The van der Waals surface area contributed by atoms with Crippen molar-refractivity contribution in [3.8, 4) is 5.88 Å². The summed E-state index contributed by atoms with van der Waals surface area (Å²) in [4.78, 5) is 27.2. The highest BCUT2D eigenvalue weighted by atomic mass is 16.3. The molecule has 1 aliphatic rings. The van der Waals surface area contributed by atoms with Gasteiger partial charge >= 0.3 is 0 Å². The molecule has 1 amide bonds. The van der Waals surface area contributed by atoms with Gasteiger partial charge < -0.3 is 15.1 Å². The molecule has 0 spiro atoms. The summed E-state index contributed by atoms with van der Waals surface area (Å²) in [6, 6.07) is 2.44. The second-order valence-electron chi connectivity index (χ2n) is 4.99. The lowest BCUT2D eigenvalue weighted by atomic mass is 9.92. The van der Waals surface area contributed by atoms with E-state index < -0.39 is 5.56 Å². The van der Waals surface area contributed by atoms with Crippen LogP contribution in [0.3, 0.4) is 0 Å². The number of hydrogen-bond donors (Lipinski definition) is 3. The minimum atomic E-state index is -0.498. The molecule has 0 bridgehead atoms. The minimum Gasteiger partial charge on any atom is -0.494 e. The Bertz CT molecular complexity index is 516. The van der Waals surface area contributed by atoms with Crippen molar-refractivity contribution >= 4 is 5.91 Å². The largest absolute Gasteiger partial charge is 0.494 e. The van der Waals surface area contributed by atoms with E-state index in [2.05, 4.69) is 4.98 Å². The Morgan fingerprint density at radius 3 is 2.58 bits per heavy atom. The number of pyridine rings is 1. The van der Waals surface area contributed by atoms with Crippen LogP contribution in [0.15, 0.2) is 16.9 Å². The van der Waals surface area contributed by atoms with Gasteiger partial charge in [-0.1, -0.05) is 0 Å². The van der Waals surface area contributed by atoms with Crippen LogP contribution in [-0.4, -0.2) is 45.2 Å². The SMILES string of the molecule is CC(O)C1CCN(C(=O)c2cc(O)[nH]c(=O)c2)CC1. The quantitative estimate of drug-likeness (QED) is 0.718. The van der Waals surface area contributed by atoms with Crippen molar-refractivity contribution in [2.24, 2.45) is 5.92 Å². The monoisotopic (exact) mass is 266 g/mol. The molecule has 1 aliphatic heterocycles. The maximum atomic E-state index is 12.2. The highest BCUT2D eigenvalue weighted by Gasteiger charge is 2.26. The molecule has 1 unspecified atom stereocenters. The van der Waals surface area contributed by atoms with Crippen molar-refractivity contribution in [3.05, 3.63) is 28.0 Å². The van der Waals surface area contributed by atoms with Gasteiger partial charge in [0.2, 0.25) is 0 Å². The molecule has 0 aromatic carbocycles. The third-order valence-corrected chi connectivity index (χ3v) is 3.59. The van der Waals surface area contributed by atoms with E-state index in [4.69, 9.17) is 0 Å². The minimum absolute atomic E-state index is 0.191. The van der Waals surface area contributed by atoms with Crippen LogP contribution >= 0.6 is 0 Å². The first kappa shape index (κ1) is 13.6. The number of carbonyl (C=O) groups is 1. The summed E-state index contributed by atoms with van der Waals surface area (Å²) >= 11 is 0. The Hall–Kier alpha value is -1.82. The number of hydrogen-bond acceptors (Lipinski definition) is 4. The normalized spacial score (nSPS) is 18.3. The Labute approximate surface area is 110 Å². The summed E-state index contributed by atoms with van der Waals surface area (Å²) < 4.78 is 0.